The Hall–Kier alpha value is -4.42. The fourth-order valence-electron chi connectivity index (χ4n) is 4.23. The zero-order valence-corrected chi connectivity index (χ0v) is 18.6. The van der Waals surface area contributed by atoms with Crippen LogP contribution >= 0.6 is 11.6 Å². The van der Waals surface area contributed by atoms with Crippen LogP contribution in [-0.4, -0.2) is 18.9 Å². The van der Waals surface area contributed by atoms with Gasteiger partial charge in [0.2, 0.25) is 5.78 Å². The lowest BCUT2D eigenvalue weighted by molar-refractivity contribution is 0.970. The Labute approximate surface area is 198 Å². The molecule has 0 aliphatic carbocycles. The van der Waals surface area contributed by atoms with E-state index in [9.17, 15) is 4.79 Å². The Morgan fingerprint density at radius 2 is 1.59 bits per heavy atom. The van der Waals surface area contributed by atoms with Crippen LogP contribution < -0.4 is 16.4 Å². The number of nitrogens with zero attached hydrogens (tertiary/aromatic N) is 3. The first-order valence-corrected chi connectivity index (χ1v) is 11.1. The highest BCUT2D eigenvalue weighted by Gasteiger charge is 2.18. The van der Waals surface area contributed by atoms with Crippen molar-refractivity contribution >= 4 is 34.5 Å². The monoisotopic (exact) mass is 463 g/mol. The van der Waals surface area contributed by atoms with Crippen LogP contribution in [0.2, 0.25) is 5.02 Å². The number of aromatic amines is 1. The summed E-state index contributed by atoms with van der Waals surface area (Å²) in [5.41, 5.74) is 3.91. The molecule has 0 amide bonds. The third-order valence-corrected chi connectivity index (χ3v) is 6.10. The third-order valence-electron chi connectivity index (χ3n) is 5.84. The van der Waals surface area contributed by atoms with Crippen LogP contribution in [0.5, 0.6) is 0 Å². The van der Waals surface area contributed by atoms with Crippen LogP contribution in [0, 0.1) is 5.41 Å². The predicted octanol–water partition coefficient (Wildman–Crippen LogP) is 4.31. The normalized spacial score (nSPS) is 12.1. The molecule has 6 rings (SSSR count). The molecule has 3 heterocycles. The number of hydrogen-bond acceptors (Lipinski definition) is 3. The third kappa shape index (κ3) is 3.24. The highest BCUT2D eigenvalue weighted by Crippen LogP contribution is 2.29. The molecule has 6 nitrogen and oxygen atoms in total. The van der Waals surface area contributed by atoms with E-state index < -0.39 is 0 Å². The summed E-state index contributed by atoms with van der Waals surface area (Å²) in [6.07, 6.45) is 3.71. The van der Waals surface area contributed by atoms with Gasteiger partial charge in [0.05, 0.1) is 5.39 Å². The van der Waals surface area contributed by atoms with Crippen LogP contribution in [0.1, 0.15) is 5.56 Å². The molecule has 0 aliphatic heterocycles. The fraction of sp³-hybridized carbons (Fsp3) is 0. The molecule has 0 spiro atoms. The van der Waals surface area contributed by atoms with Crippen LogP contribution in [0.3, 0.4) is 0 Å². The van der Waals surface area contributed by atoms with Crippen molar-refractivity contribution in [2.45, 2.75) is 0 Å². The van der Waals surface area contributed by atoms with Gasteiger partial charge in [0, 0.05) is 22.5 Å². The van der Waals surface area contributed by atoms with E-state index >= 15 is 0 Å². The van der Waals surface area contributed by atoms with Gasteiger partial charge in [-0.1, -0.05) is 72.3 Å². The summed E-state index contributed by atoms with van der Waals surface area (Å²) in [6.45, 7) is 0. The summed E-state index contributed by atoms with van der Waals surface area (Å²) < 4.78 is 3.29. The average molecular weight is 464 g/mol. The SMILES string of the molecule is N=c1c2c(-c3ccccc3)cn(-c3ccccc3)c2nc2[nH]/c(=C\c3ccc(Cl)cc3)c(=O)n12. The molecule has 7 heteroatoms. The zero-order valence-electron chi connectivity index (χ0n) is 17.9. The number of hydrogen-bond donors (Lipinski definition) is 2. The van der Waals surface area contributed by atoms with Gasteiger partial charge in [0.25, 0.3) is 5.56 Å². The Kier molecular flexibility index (Phi) is 4.67. The largest absolute Gasteiger partial charge is 0.320 e. The number of imidazole rings is 1. The first kappa shape index (κ1) is 20.2. The molecule has 0 atom stereocenters. The van der Waals surface area contributed by atoms with Crippen LogP contribution in [0.25, 0.3) is 39.7 Å². The zero-order chi connectivity index (χ0) is 23.2. The second-order valence-corrected chi connectivity index (χ2v) is 8.41. The molecule has 0 bridgehead atoms. The Morgan fingerprint density at radius 3 is 2.29 bits per heavy atom. The highest BCUT2D eigenvalue weighted by molar-refractivity contribution is 6.30. The lowest BCUT2D eigenvalue weighted by atomic mass is 10.1. The van der Waals surface area contributed by atoms with Crippen molar-refractivity contribution in [3.63, 3.8) is 0 Å². The number of para-hydroxylation sites is 1. The average Bonchev–Trinajstić information content (AvgIpc) is 3.40. The number of H-pyrrole nitrogens is 1. The van der Waals surface area contributed by atoms with Gasteiger partial charge in [-0.15, -0.1) is 0 Å². The van der Waals surface area contributed by atoms with E-state index in [2.05, 4.69) is 4.98 Å². The maximum atomic E-state index is 13.3. The molecule has 0 saturated carbocycles. The van der Waals surface area contributed by atoms with E-state index in [4.69, 9.17) is 22.0 Å². The lowest BCUT2D eigenvalue weighted by Gasteiger charge is -2.04. The van der Waals surface area contributed by atoms with Crippen LogP contribution in [-0.2, 0) is 0 Å². The van der Waals surface area contributed by atoms with E-state index in [1.54, 1.807) is 18.2 Å². The molecule has 164 valence electrons. The van der Waals surface area contributed by atoms with Gasteiger partial charge >= 0.3 is 0 Å². The molecule has 0 unspecified atom stereocenters. The fourth-order valence-corrected chi connectivity index (χ4v) is 4.35. The number of nitrogens with one attached hydrogen (secondary N) is 2. The molecule has 0 radical (unpaired) electrons. The van der Waals surface area contributed by atoms with Gasteiger partial charge in [-0.05, 0) is 41.5 Å². The predicted molar refractivity (Wildman–Crippen MR) is 134 cm³/mol. The quantitative estimate of drug-likeness (QED) is 0.410. The van der Waals surface area contributed by atoms with Gasteiger partial charge < -0.3 is 9.55 Å². The molecule has 0 saturated heterocycles. The molecule has 0 aliphatic rings. The number of halogens is 1. The van der Waals surface area contributed by atoms with Gasteiger partial charge in [0.15, 0.2) is 5.65 Å². The van der Waals surface area contributed by atoms with Crippen molar-refractivity contribution in [1.82, 2.24) is 18.9 Å². The molecular formula is C27H18ClN5O. The van der Waals surface area contributed by atoms with Crippen molar-refractivity contribution < 1.29 is 0 Å². The highest BCUT2D eigenvalue weighted by atomic mass is 35.5. The van der Waals surface area contributed by atoms with E-state index in [0.29, 0.717) is 27.2 Å². The summed E-state index contributed by atoms with van der Waals surface area (Å²) in [7, 11) is 0. The summed E-state index contributed by atoms with van der Waals surface area (Å²) >= 11 is 5.98. The Balaban J connectivity index is 1.70. The van der Waals surface area contributed by atoms with Gasteiger partial charge in [0.1, 0.15) is 10.8 Å². The van der Waals surface area contributed by atoms with Crippen molar-refractivity contribution in [3.8, 4) is 16.8 Å². The molecule has 0 fully saturated rings. The smallest absolute Gasteiger partial charge is 0.282 e. The summed E-state index contributed by atoms with van der Waals surface area (Å²) in [6, 6.07) is 26.9. The second-order valence-electron chi connectivity index (χ2n) is 7.97. The summed E-state index contributed by atoms with van der Waals surface area (Å²) in [5, 5.41) is 10.6. The van der Waals surface area contributed by atoms with Crippen molar-refractivity contribution in [3.05, 3.63) is 123 Å². The standard InChI is InChI=1S/C27H18ClN5O/c28-19-13-11-17(12-14-19)15-22-26(34)33-24(29)23-21(18-7-3-1-4-8-18)16-32(20-9-5-2-6-10-20)25(23)31-27(33)30-22/h1-16,29H,(H,30,31)/b22-15-,29-24?. The number of benzene rings is 3. The molecular weight excluding hydrogens is 446 g/mol. The molecule has 2 N–H and O–H groups in total. The number of rotatable bonds is 3. The topological polar surface area (TPSA) is 78.9 Å². The van der Waals surface area contributed by atoms with Crippen molar-refractivity contribution in [2.24, 2.45) is 0 Å². The first-order valence-electron chi connectivity index (χ1n) is 10.7. The minimum absolute atomic E-state index is 0.0885. The Morgan fingerprint density at radius 1 is 0.912 bits per heavy atom. The number of fused-ring (bicyclic) bond motifs is 2. The van der Waals surface area contributed by atoms with E-state index in [0.717, 1.165) is 22.4 Å². The van der Waals surface area contributed by atoms with Crippen molar-refractivity contribution in [2.75, 3.05) is 0 Å². The number of aromatic nitrogens is 4. The summed E-state index contributed by atoms with van der Waals surface area (Å²) in [4.78, 5) is 21.2. The minimum Gasteiger partial charge on any atom is -0.320 e. The van der Waals surface area contributed by atoms with Gasteiger partial charge in [-0.3, -0.25) is 10.2 Å². The van der Waals surface area contributed by atoms with E-state index in [-0.39, 0.29) is 11.0 Å². The molecule has 3 aromatic heterocycles. The van der Waals surface area contributed by atoms with E-state index in [1.807, 2.05) is 83.6 Å². The molecule has 3 aromatic carbocycles. The first-order chi connectivity index (χ1) is 16.6. The lowest BCUT2D eigenvalue weighted by Crippen LogP contribution is -2.32. The minimum atomic E-state index is -0.323. The van der Waals surface area contributed by atoms with Gasteiger partial charge in [-0.25, -0.2) is 4.40 Å². The van der Waals surface area contributed by atoms with Crippen LogP contribution in [0.15, 0.2) is 95.9 Å². The maximum Gasteiger partial charge on any atom is 0.282 e. The van der Waals surface area contributed by atoms with Crippen LogP contribution in [0.4, 0.5) is 0 Å². The van der Waals surface area contributed by atoms with Crippen molar-refractivity contribution in [1.29, 1.82) is 5.41 Å². The summed E-state index contributed by atoms with van der Waals surface area (Å²) in [5.74, 6) is 0.317. The molecule has 34 heavy (non-hydrogen) atoms. The second kappa shape index (κ2) is 7.86. The van der Waals surface area contributed by atoms with E-state index in [1.165, 1.54) is 4.40 Å². The molecule has 6 aromatic rings. The van der Waals surface area contributed by atoms with Gasteiger partial charge in [-0.2, -0.15) is 4.98 Å². The Bertz CT molecular complexity index is 1830. The maximum absolute atomic E-state index is 13.3.